The number of amides is 1. The second-order valence-corrected chi connectivity index (χ2v) is 7.12. The highest BCUT2D eigenvalue weighted by molar-refractivity contribution is 7.10. The Bertz CT molecular complexity index is 659. The lowest BCUT2D eigenvalue weighted by Gasteiger charge is -2.24. The molecule has 0 fully saturated rings. The predicted molar refractivity (Wildman–Crippen MR) is 94.9 cm³/mol. The summed E-state index contributed by atoms with van der Waals surface area (Å²) in [5.74, 6) is 0.0751. The summed E-state index contributed by atoms with van der Waals surface area (Å²) in [4.78, 5) is 15.6. The molecule has 2 N–H and O–H groups in total. The van der Waals surface area contributed by atoms with Gasteiger partial charge in [-0.3, -0.25) is 9.89 Å². The molecule has 2 heterocycles. The standard InChI is InChI=1S/C17H26N4OS/c1-11-8-9-23-17(11)15(21(4)5)10-18-16(22)7-6-14-12(2)13(3)19-20-14/h8-9,15H,6-7,10H2,1-5H3,(H,18,22)(H,19,20). The van der Waals surface area contributed by atoms with Crippen LogP contribution < -0.4 is 5.32 Å². The number of likely N-dealkylation sites (N-methyl/N-ethyl adjacent to an activating group) is 1. The largest absolute Gasteiger partial charge is 0.354 e. The molecule has 2 aromatic heterocycles. The van der Waals surface area contributed by atoms with Crippen LogP contribution in [0.4, 0.5) is 0 Å². The molecule has 23 heavy (non-hydrogen) atoms. The van der Waals surface area contributed by atoms with Crippen molar-refractivity contribution in [2.24, 2.45) is 0 Å². The number of hydrogen-bond donors (Lipinski definition) is 2. The van der Waals surface area contributed by atoms with Gasteiger partial charge in [-0.2, -0.15) is 5.10 Å². The van der Waals surface area contributed by atoms with E-state index in [1.165, 1.54) is 10.4 Å². The van der Waals surface area contributed by atoms with Crippen LogP contribution in [0.5, 0.6) is 0 Å². The Balaban J connectivity index is 1.87. The number of carbonyl (C=O) groups excluding carboxylic acids is 1. The number of hydrogen-bond acceptors (Lipinski definition) is 4. The van der Waals surface area contributed by atoms with Crippen molar-refractivity contribution in [1.29, 1.82) is 0 Å². The molecule has 5 nitrogen and oxygen atoms in total. The zero-order valence-corrected chi connectivity index (χ0v) is 15.4. The smallest absolute Gasteiger partial charge is 0.220 e. The zero-order chi connectivity index (χ0) is 17.0. The second kappa shape index (κ2) is 7.75. The first-order chi connectivity index (χ1) is 10.9. The Morgan fingerprint density at radius 2 is 2.13 bits per heavy atom. The van der Waals surface area contributed by atoms with Gasteiger partial charge in [-0.25, -0.2) is 0 Å². The van der Waals surface area contributed by atoms with Crippen molar-refractivity contribution < 1.29 is 4.79 Å². The maximum Gasteiger partial charge on any atom is 0.220 e. The number of carbonyl (C=O) groups is 1. The maximum absolute atomic E-state index is 12.2. The van der Waals surface area contributed by atoms with E-state index < -0.39 is 0 Å². The number of aryl methyl sites for hydroxylation is 3. The van der Waals surface area contributed by atoms with E-state index in [9.17, 15) is 4.79 Å². The Labute approximate surface area is 142 Å². The molecule has 2 rings (SSSR count). The van der Waals surface area contributed by atoms with E-state index in [4.69, 9.17) is 0 Å². The molecule has 0 saturated heterocycles. The van der Waals surface area contributed by atoms with E-state index in [0.29, 0.717) is 19.4 Å². The summed E-state index contributed by atoms with van der Waals surface area (Å²) in [5.41, 5.74) is 4.49. The summed E-state index contributed by atoms with van der Waals surface area (Å²) < 4.78 is 0. The lowest BCUT2D eigenvalue weighted by Crippen LogP contribution is -2.34. The van der Waals surface area contributed by atoms with E-state index in [-0.39, 0.29) is 11.9 Å². The quantitative estimate of drug-likeness (QED) is 0.818. The minimum atomic E-state index is 0.0751. The molecule has 6 heteroatoms. The fourth-order valence-electron chi connectivity index (χ4n) is 2.55. The van der Waals surface area contributed by atoms with Crippen LogP contribution in [0.25, 0.3) is 0 Å². The predicted octanol–water partition coefficient (Wildman–Crippen LogP) is 2.75. The topological polar surface area (TPSA) is 61.0 Å². The second-order valence-electron chi connectivity index (χ2n) is 6.17. The van der Waals surface area contributed by atoms with E-state index in [1.54, 1.807) is 11.3 Å². The third-order valence-electron chi connectivity index (χ3n) is 4.26. The Hall–Kier alpha value is -1.66. The van der Waals surface area contributed by atoms with Gasteiger partial charge in [0, 0.05) is 30.0 Å². The van der Waals surface area contributed by atoms with Gasteiger partial charge >= 0.3 is 0 Å². The van der Waals surface area contributed by atoms with Crippen molar-refractivity contribution in [3.8, 4) is 0 Å². The highest BCUT2D eigenvalue weighted by Gasteiger charge is 2.18. The van der Waals surface area contributed by atoms with Gasteiger partial charge < -0.3 is 10.2 Å². The number of nitrogens with one attached hydrogen (secondary N) is 2. The van der Waals surface area contributed by atoms with Crippen LogP contribution in [-0.2, 0) is 11.2 Å². The monoisotopic (exact) mass is 334 g/mol. The van der Waals surface area contributed by atoms with Crippen molar-refractivity contribution in [2.75, 3.05) is 20.6 Å². The van der Waals surface area contributed by atoms with Gasteiger partial charge in [0.15, 0.2) is 0 Å². The summed E-state index contributed by atoms with van der Waals surface area (Å²) >= 11 is 1.75. The average Bonchev–Trinajstić information content (AvgIpc) is 3.05. The molecule has 0 aliphatic heterocycles. The Morgan fingerprint density at radius 3 is 2.65 bits per heavy atom. The third-order valence-corrected chi connectivity index (χ3v) is 5.38. The van der Waals surface area contributed by atoms with Crippen LogP contribution >= 0.6 is 11.3 Å². The van der Waals surface area contributed by atoms with Crippen molar-refractivity contribution in [2.45, 2.75) is 39.7 Å². The average molecular weight is 334 g/mol. The fraction of sp³-hybridized carbons (Fsp3) is 0.529. The van der Waals surface area contributed by atoms with E-state index in [1.807, 2.05) is 27.9 Å². The number of aromatic amines is 1. The van der Waals surface area contributed by atoms with Gasteiger partial charge in [-0.05, 0) is 57.4 Å². The van der Waals surface area contributed by atoms with E-state index >= 15 is 0 Å². The number of nitrogens with zero attached hydrogens (tertiary/aromatic N) is 2. The highest BCUT2D eigenvalue weighted by atomic mass is 32.1. The molecular weight excluding hydrogens is 308 g/mol. The molecule has 1 amide bonds. The molecule has 1 atom stereocenters. The Morgan fingerprint density at radius 1 is 1.39 bits per heavy atom. The summed E-state index contributed by atoms with van der Waals surface area (Å²) in [7, 11) is 4.09. The van der Waals surface area contributed by atoms with Gasteiger partial charge in [0.2, 0.25) is 5.91 Å². The first kappa shape index (κ1) is 17.7. The molecule has 0 aliphatic carbocycles. The molecule has 1 unspecified atom stereocenters. The van der Waals surface area contributed by atoms with Crippen LogP contribution in [-0.4, -0.2) is 41.6 Å². The van der Waals surface area contributed by atoms with E-state index in [2.05, 4.69) is 38.8 Å². The maximum atomic E-state index is 12.2. The van der Waals surface area contributed by atoms with Crippen molar-refractivity contribution in [1.82, 2.24) is 20.4 Å². The molecular formula is C17H26N4OS. The van der Waals surface area contributed by atoms with Crippen molar-refractivity contribution in [3.63, 3.8) is 0 Å². The van der Waals surface area contributed by atoms with Gasteiger partial charge in [0.1, 0.15) is 0 Å². The van der Waals surface area contributed by atoms with Gasteiger partial charge in [0.25, 0.3) is 0 Å². The van der Waals surface area contributed by atoms with Gasteiger partial charge in [0.05, 0.1) is 11.7 Å². The minimum Gasteiger partial charge on any atom is -0.354 e. The summed E-state index contributed by atoms with van der Waals surface area (Å²) in [6.45, 7) is 6.78. The lowest BCUT2D eigenvalue weighted by atomic mass is 10.1. The van der Waals surface area contributed by atoms with Gasteiger partial charge in [-0.15, -0.1) is 11.3 Å². The molecule has 2 aromatic rings. The Kier molecular flexibility index (Phi) is 5.96. The first-order valence-corrected chi connectivity index (χ1v) is 8.75. The fourth-order valence-corrected chi connectivity index (χ4v) is 3.67. The van der Waals surface area contributed by atoms with E-state index in [0.717, 1.165) is 17.0 Å². The highest BCUT2D eigenvalue weighted by Crippen LogP contribution is 2.26. The summed E-state index contributed by atoms with van der Waals surface area (Å²) in [6, 6.07) is 2.34. The van der Waals surface area contributed by atoms with Crippen LogP contribution in [0, 0.1) is 20.8 Å². The molecule has 0 aromatic carbocycles. The van der Waals surface area contributed by atoms with Crippen molar-refractivity contribution in [3.05, 3.63) is 38.8 Å². The first-order valence-electron chi connectivity index (χ1n) is 7.87. The third kappa shape index (κ3) is 4.42. The molecule has 0 aliphatic rings. The minimum absolute atomic E-state index is 0.0751. The van der Waals surface area contributed by atoms with Crippen LogP contribution in [0.1, 0.15) is 39.9 Å². The normalized spacial score (nSPS) is 12.6. The molecule has 0 radical (unpaired) electrons. The van der Waals surface area contributed by atoms with Crippen LogP contribution in [0.2, 0.25) is 0 Å². The SMILES string of the molecule is Cc1ccsc1C(CNC(=O)CCc1n[nH]c(C)c1C)N(C)C. The summed E-state index contributed by atoms with van der Waals surface area (Å²) in [5, 5.41) is 12.4. The number of thiophene rings is 1. The molecule has 0 saturated carbocycles. The van der Waals surface area contributed by atoms with Crippen molar-refractivity contribution >= 4 is 17.2 Å². The lowest BCUT2D eigenvalue weighted by molar-refractivity contribution is -0.121. The summed E-state index contributed by atoms with van der Waals surface area (Å²) in [6.07, 6.45) is 1.14. The molecule has 0 bridgehead atoms. The van der Waals surface area contributed by atoms with Crippen LogP contribution in [0.3, 0.4) is 0 Å². The van der Waals surface area contributed by atoms with Crippen LogP contribution in [0.15, 0.2) is 11.4 Å². The number of H-pyrrole nitrogens is 1. The number of rotatable bonds is 7. The number of aromatic nitrogens is 2. The molecule has 126 valence electrons. The molecule has 0 spiro atoms. The van der Waals surface area contributed by atoms with Gasteiger partial charge in [-0.1, -0.05) is 0 Å². The zero-order valence-electron chi connectivity index (χ0n) is 14.6.